The molecule has 1 saturated carbocycles. The maximum atomic E-state index is 12.6. The third-order valence-corrected chi connectivity index (χ3v) is 3.35. The molecule has 1 fully saturated rings. The summed E-state index contributed by atoms with van der Waals surface area (Å²) in [5.74, 6) is 1.57. The zero-order valence-electron chi connectivity index (χ0n) is 11.4. The van der Waals surface area contributed by atoms with Crippen LogP contribution in [0.5, 0.6) is 0 Å². The van der Waals surface area contributed by atoms with E-state index < -0.39 is 11.9 Å². The van der Waals surface area contributed by atoms with Gasteiger partial charge in [0.1, 0.15) is 11.5 Å². The first-order chi connectivity index (χ1) is 9.95. The first kappa shape index (κ1) is 13.8. The highest BCUT2D eigenvalue weighted by atomic mass is 19.4. The van der Waals surface area contributed by atoms with Gasteiger partial charge in [-0.15, -0.1) is 10.2 Å². The van der Waals surface area contributed by atoms with Crippen LogP contribution in [0.1, 0.15) is 36.2 Å². The van der Waals surface area contributed by atoms with Gasteiger partial charge in [0.15, 0.2) is 5.82 Å². The van der Waals surface area contributed by atoms with Crippen LogP contribution in [0.15, 0.2) is 18.3 Å². The summed E-state index contributed by atoms with van der Waals surface area (Å²) in [6, 6.07) is 2.92. The van der Waals surface area contributed by atoms with Gasteiger partial charge in [-0.25, -0.2) is 0 Å². The van der Waals surface area contributed by atoms with E-state index >= 15 is 0 Å². The number of hydrogen-bond donors (Lipinski definition) is 1. The molecule has 1 aliphatic carbocycles. The molecule has 2 heterocycles. The molecule has 1 aliphatic rings. The van der Waals surface area contributed by atoms with Crippen LogP contribution in [-0.4, -0.2) is 19.7 Å². The van der Waals surface area contributed by atoms with Gasteiger partial charge in [-0.1, -0.05) is 0 Å². The topological polar surface area (TPSA) is 55.6 Å². The fraction of sp³-hybridized carbons (Fsp3) is 0.462. The van der Waals surface area contributed by atoms with Crippen LogP contribution in [-0.2, 0) is 12.7 Å². The summed E-state index contributed by atoms with van der Waals surface area (Å²) in [6.07, 6.45) is -1.11. The Bertz CT molecular complexity index is 645. The second kappa shape index (κ2) is 5.01. The molecule has 2 aromatic heterocycles. The fourth-order valence-corrected chi connectivity index (χ4v) is 2.22. The van der Waals surface area contributed by atoms with E-state index in [1.807, 2.05) is 11.5 Å². The molecule has 2 aromatic rings. The number of aryl methyl sites for hydroxylation is 1. The monoisotopic (exact) mass is 297 g/mol. The zero-order valence-corrected chi connectivity index (χ0v) is 11.4. The number of hydrogen-bond acceptors (Lipinski definition) is 4. The molecular weight excluding hydrogens is 283 g/mol. The van der Waals surface area contributed by atoms with Gasteiger partial charge >= 0.3 is 6.18 Å². The van der Waals surface area contributed by atoms with E-state index in [9.17, 15) is 13.2 Å². The van der Waals surface area contributed by atoms with Crippen molar-refractivity contribution in [3.8, 4) is 0 Å². The standard InChI is InChI=1S/C13H14F3N5/c1-8-19-20-12(21(8)10-2-3-10)7-18-9-4-5-17-11(6-9)13(14,15)16/h4-6,10H,2-3,7H2,1H3,(H,17,18). The predicted octanol–water partition coefficient (Wildman–Crippen LogP) is 2.95. The van der Waals surface area contributed by atoms with Gasteiger partial charge in [-0.2, -0.15) is 13.2 Å². The van der Waals surface area contributed by atoms with Gasteiger partial charge < -0.3 is 9.88 Å². The first-order valence-corrected chi connectivity index (χ1v) is 6.62. The molecule has 0 unspecified atom stereocenters. The van der Waals surface area contributed by atoms with Crippen molar-refractivity contribution in [2.24, 2.45) is 0 Å². The second-order valence-corrected chi connectivity index (χ2v) is 5.05. The Morgan fingerprint density at radius 3 is 2.76 bits per heavy atom. The van der Waals surface area contributed by atoms with Gasteiger partial charge in [-0.3, -0.25) is 4.98 Å². The van der Waals surface area contributed by atoms with E-state index in [4.69, 9.17) is 0 Å². The third-order valence-electron chi connectivity index (χ3n) is 3.35. The van der Waals surface area contributed by atoms with Crippen LogP contribution in [0.3, 0.4) is 0 Å². The van der Waals surface area contributed by atoms with Gasteiger partial charge in [0.25, 0.3) is 0 Å². The maximum Gasteiger partial charge on any atom is 0.433 e. The van der Waals surface area contributed by atoms with Crippen LogP contribution >= 0.6 is 0 Å². The Hall–Kier alpha value is -2.12. The minimum absolute atomic E-state index is 0.332. The maximum absolute atomic E-state index is 12.6. The van der Waals surface area contributed by atoms with Crippen molar-refractivity contribution >= 4 is 5.69 Å². The molecule has 0 radical (unpaired) electrons. The highest BCUT2D eigenvalue weighted by molar-refractivity contribution is 5.43. The average Bonchev–Trinajstić information content (AvgIpc) is 3.20. The lowest BCUT2D eigenvalue weighted by Gasteiger charge is -2.11. The van der Waals surface area contributed by atoms with Gasteiger partial charge in [0.2, 0.25) is 0 Å². The normalized spacial score (nSPS) is 15.2. The summed E-state index contributed by atoms with van der Waals surface area (Å²) >= 11 is 0. The number of alkyl halides is 3. The third kappa shape index (κ3) is 2.98. The van der Waals surface area contributed by atoms with Crippen LogP contribution in [0.25, 0.3) is 0 Å². The van der Waals surface area contributed by atoms with E-state index in [0.29, 0.717) is 18.3 Å². The number of anilines is 1. The summed E-state index contributed by atoms with van der Waals surface area (Å²) in [5.41, 5.74) is -0.548. The largest absolute Gasteiger partial charge is 0.433 e. The van der Waals surface area contributed by atoms with Crippen molar-refractivity contribution < 1.29 is 13.2 Å². The second-order valence-electron chi connectivity index (χ2n) is 5.05. The minimum atomic E-state index is -4.44. The Labute approximate surface area is 119 Å². The molecule has 0 saturated heterocycles. The molecule has 21 heavy (non-hydrogen) atoms. The molecule has 0 amide bonds. The Kier molecular flexibility index (Phi) is 3.30. The smallest absolute Gasteiger partial charge is 0.378 e. The molecule has 112 valence electrons. The van der Waals surface area contributed by atoms with E-state index in [0.717, 1.165) is 36.8 Å². The lowest BCUT2D eigenvalue weighted by Crippen LogP contribution is -2.11. The Balaban J connectivity index is 1.73. The number of pyridine rings is 1. The summed E-state index contributed by atoms with van der Waals surface area (Å²) in [6.45, 7) is 2.21. The summed E-state index contributed by atoms with van der Waals surface area (Å²) in [4.78, 5) is 3.33. The lowest BCUT2D eigenvalue weighted by molar-refractivity contribution is -0.141. The average molecular weight is 297 g/mol. The quantitative estimate of drug-likeness (QED) is 0.942. The van der Waals surface area contributed by atoms with Crippen molar-refractivity contribution in [2.45, 2.75) is 38.5 Å². The van der Waals surface area contributed by atoms with Crippen molar-refractivity contribution in [1.29, 1.82) is 0 Å². The van der Waals surface area contributed by atoms with Crippen LogP contribution in [0.2, 0.25) is 0 Å². The van der Waals surface area contributed by atoms with Crippen molar-refractivity contribution in [2.75, 3.05) is 5.32 Å². The molecule has 5 nitrogen and oxygen atoms in total. The zero-order chi connectivity index (χ0) is 15.0. The van der Waals surface area contributed by atoms with E-state index in [2.05, 4.69) is 20.5 Å². The van der Waals surface area contributed by atoms with E-state index in [1.54, 1.807) is 0 Å². The molecule has 0 aromatic carbocycles. The molecule has 1 N–H and O–H groups in total. The van der Waals surface area contributed by atoms with Gasteiger partial charge in [-0.05, 0) is 31.9 Å². The molecule has 0 spiro atoms. The summed E-state index contributed by atoms with van der Waals surface area (Å²) in [5, 5.41) is 11.0. The highest BCUT2D eigenvalue weighted by Gasteiger charge is 2.32. The molecule has 0 aliphatic heterocycles. The Morgan fingerprint density at radius 1 is 1.33 bits per heavy atom. The van der Waals surface area contributed by atoms with E-state index in [-0.39, 0.29) is 0 Å². The van der Waals surface area contributed by atoms with Crippen molar-refractivity contribution in [3.05, 3.63) is 35.7 Å². The van der Waals surface area contributed by atoms with Crippen LogP contribution in [0, 0.1) is 6.92 Å². The molecule has 3 rings (SSSR count). The Morgan fingerprint density at radius 2 is 2.10 bits per heavy atom. The lowest BCUT2D eigenvalue weighted by atomic mass is 10.3. The van der Waals surface area contributed by atoms with Gasteiger partial charge in [0.05, 0.1) is 6.54 Å². The number of rotatable bonds is 4. The fourth-order valence-electron chi connectivity index (χ4n) is 2.22. The van der Waals surface area contributed by atoms with E-state index in [1.165, 1.54) is 6.07 Å². The summed E-state index contributed by atoms with van der Waals surface area (Å²) < 4.78 is 39.8. The van der Waals surface area contributed by atoms with Gasteiger partial charge in [0, 0.05) is 17.9 Å². The number of nitrogens with one attached hydrogen (secondary N) is 1. The SMILES string of the molecule is Cc1nnc(CNc2ccnc(C(F)(F)F)c2)n1C1CC1. The van der Waals surface area contributed by atoms with Crippen molar-refractivity contribution in [1.82, 2.24) is 19.7 Å². The van der Waals surface area contributed by atoms with Crippen molar-refractivity contribution in [3.63, 3.8) is 0 Å². The molecular formula is C13H14F3N5. The predicted molar refractivity (Wildman–Crippen MR) is 69.6 cm³/mol. The molecule has 0 bridgehead atoms. The summed E-state index contributed by atoms with van der Waals surface area (Å²) in [7, 11) is 0. The highest BCUT2D eigenvalue weighted by Crippen LogP contribution is 2.36. The van der Waals surface area contributed by atoms with Crippen LogP contribution < -0.4 is 5.32 Å². The number of aromatic nitrogens is 4. The number of nitrogens with zero attached hydrogens (tertiary/aromatic N) is 4. The molecule has 8 heteroatoms. The number of halogens is 3. The molecule has 0 atom stereocenters. The minimum Gasteiger partial charge on any atom is -0.378 e. The first-order valence-electron chi connectivity index (χ1n) is 6.62. The van der Waals surface area contributed by atoms with Crippen LogP contribution in [0.4, 0.5) is 18.9 Å².